The highest BCUT2D eigenvalue weighted by Gasteiger charge is 2.41. The lowest BCUT2D eigenvalue weighted by atomic mass is 10.1. The zero-order chi connectivity index (χ0) is 16.6. The Morgan fingerprint density at radius 3 is 2.36 bits per heavy atom. The fourth-order valence-electron chi connectivity index (χ4n) is 2.77. The largest absolute Gasteiger partial charge is 0.328 e. The monoisotopic (exact) mass is 324 g/mol. The number of ketones is 1. The standard InChI is InChI=1S/C18H29O3P/c1-5-21-22(20,18(3,4)15-16(2)19)14-10-9-13-17-11-7-6-8-12-17/h6-8,11-12H,5,9-10,13-15H2,1-4H3. The Balaban J connectivity index is 2.59. The predicted octanol–water partition coefficient (Wildman–Crippen LogP) is 5.08. The smallest absolute Gasteiger partial charge is 0.208 e. The molecule has 0 spiro atoms. The molecule has 22 heavy (non-hydrogen) atoms. The van der Waals surface area contributed by atoms with Crippen molar-refractivity contribution in [3.63, 3.8) is 0 Å². The highest BCUT2D eigenvalue weighted by Crippen LogP contribution is 2.60. The lowest BCUT2D eigenvalue weighted by Gasteiger charge is -2.33. The minimum atomic E-state index is -2.82. The zero-order valence-electron chi connectivity index (χ0n) is 14.3. The Hall–Kier alpha value is -0.920. The summed E-state index contributed by atoms with van der Waals surface area (Å²) >= 11 is 0. The van der Waals surface area contributed by atoms with E-state index in [1.807, 2.05) is 39.0 Å². The first-order chi connectivity index (χ1) is 10.3. The van der Waals surface area contributed by atoms with Crippen molar-refractivity contribution in [2.45, 2.75) is 58.5 Å². The molecule has 0 aliphatic heterocycles. The maximum Gasteiger partial charge on any atom is 0.208 e. The molecule has 0 aliphatic carbocycles. The third-order valence-corrected chi connectivity index (χ3v) is 7.54. The van der Waals surface area contributed by atoms with Crippen LogP contribution >= 0.6 is 7.37 Å². The van der Waals surface area contributed by atoms with Crippen molar-refractivity contribution in [3.8, 4) is 0 Å². The first kappa shape index (κ1) is 19.1. The predicted molar refractivity (Wildman–Crippen MR) is 92.9 cm³/mol. The van der Waals surface area contributed by atoms with Gasteiger partial charge in [0.2, 0.25) is 7.37 Å². The maximum absolute atomic E-state index is 13.2. The van der Waals surface area contributed by atoms with Gasteiger partial charge in [-0.15, -0.1) is 0 Å². The van der Waals surface area contributed by atoms with Crippen LogP contribution in [0.2, 0.25) is 0 Å². The minimum absolute atomic E-state index is 0.0641. The summed E-state index contributed by atoms with van der Waals surface area (Å²) < 4.78 is 18.9. The van der Waals surface area contributed by atoms with Crippen molar-refractivity contribution < 1.29 is 13.9 Å². The van der Waals surface area contributed by atoms with Crippen molar-refractivity contribution >= 4 is 13.2 Å². The van der Waals surface area contributed by atoms with E-state index in [1.165, 1.54) is 5.56 Å². The average Bonchev–Trinajstić information content (AvgIpc) is 2.43. The van der Waals surface area contributed by atoms with Crippen LogP contribution in [-0.4, -0.2) is 23.7 Å². The van der Waals surface area contributed by atoms with E-state index < -0.39 is 12.5 Å². The number of unbranched alkanes of at least 4 members (excludes halogenated alkanes) is 1. The molecule has 0 bridgehead atoms. The summed E-state index contributed by atoms with van der Waals surface area (Å²) in [6, 6.07) is 10.3. The summed E-state index contributed by atoms with van der Waals surface area (Å²) in [5.74, 6) is 0.0641. The molecule has 0 aliphatic rings. The lowest BCUT2D eigenvalue weighted by Crippen LogP contribution is -2.26. The fraction of sp³-hybridized carbons (Fsp3) is 0.611. The number of carbonyl (C=O) groups excluding carboxylic acids is 1. The Morgan fingerprint density at radius 1 is 1.18 bits per heavy atom. The molecular formula is C18H29O3P. The highest BCUT2D eigenvalue weighted by molar-refractivity contribution is 7.60. The van der Waals surface area contributed by atoms with E-state index >= 15 is 0 Å². The molecule has 0 saturated carbocycles. The number of rotatable bonds is 10. The summed E-state index contributed by atoms with van der Waals surface area (Å²) in [6.07, 6.45) is 3.68. The SMILES string of the molecule is CCOP(=O)(CCCCc1ccccc1)C(C)(C)CC(C)=O. The number of hydrogen-bond donors (Lipinski definition) is 0. The second-order valence-electron chi connectivity index (χ2n) is 6.45. The van der Waals surface area contributed by atoms with Crippen LogP contribution in [0.1, 0.15) is 52.5 Å². The van der Waals surface area contributed by atoms with Gasteiger partial charge in [-0.2, -0.15) is 0 Å². The molecule has 0 saturated heterocycles. The van der Waals surface area contributed by atoms with E-state index in [9.17, 15) is 9.36 Å². The molecule has 0 N–H and O–H groups in total. The number of aryl methyl sites for hydroxylation is 1. The van der Waals surface area contributed by atoms with Crippen molar-refractivity contribution in [2.75, 3.05) is 12.8 Å². The zero-order valence-corrected chi connectivity index (χ0v) is 15.2. The quantitative estimate of drug-likeness (QED) is 0.445. The Labute approximate surface area is 134 Å². The second-order valence-corrected chi connectivity index (χ2v) is 9.71. The topological polar surface area (TPSA) is 43.4 Å². The number of benzene rings is 1. The molecule has 4 heteroatoms. The number of hydrogen-bond acceptors (Lipinski definition) is 3. The van der Waals surface area contributed by atoms with Crippen molar-refractivity contribution in [2.24, 2.45) is 0 Å². The normalized spacial score (nSPS) is 14.5. The van der Waals surface area contributed by atoms with E-state index in [1.54, 1.807) is 6.92 Å². The van der Waals surface area contributed by atoms with E-state index in [0.29, 0.717) is 19.2 Å². The molecule has 1 aromatic carbocycles. The van der Waals surface area contributed by atoms with Crippen LogP contribution in [0.4, 0.5) is 0 Å². The molecule has 0 heterocycles. The number of Topliss-reactive ketones (excluding diaryl/α,β-unsaturated/α-hetero) is 1. The van der Waals surface area contributed by atoms with Crippen molar-refractivity contribution in [1.29, 1.82) is 0 Å². The molecule has 124 valence electrons. The van der Waals surface area contributed by atoms with Crippen LogP contribution in [0.25, 0.3) is 0 Å². The Bertz CT molecular complexity index is 508. The highest BCUT2D eigenvalue weighted by atomic mass is 31.2. The van der Waals surface area contributed by atoms with Gasteiger partial charge in [0.15, 0.2) is 0 Å². The van der Waals surface area contributed by atoms with Crippen LogP contribution in [0.5, 0.6) is 0 Å². The van der Waals surface area contributed by atoms with Crippen molar-refractivity contribution in [1.82, 2.24) is 0 Å². The second kappa shape index (κ2) is 8.64. The van der Waals surface area contributed by atoms with Gasteiger partial charge < -0.3 is 4.52 Å². The summed E-state index contributed by atoms with van der Waals surface area (Å²) in [6.45, 7) is 7.62. The summed E-state index contributed by atoms with van der Waals surface area (Å²) in [5, 5.41) is -0.582. The van der Waals surface area contributed by atoms with Crippen LogP contribution in [-0.2, 0) is 20.3 Å². The molecule has 1 unspecified atom stereocenters. The van der Waals surface area contributed by atoms with E-state index in [4.69, 9.17) is 4.52 Å². The number of carbonyl (C=O) groups is 1. The molecule has 1 rings (SSSR count). The van der Waals surface area contributed by atoms with Crippen LogP contribution in [0, 0.1) is 0 Å². The van der Waals surface area contributed by atoms with Crippen molar-refractivity contribution in [3.05, 3.63) is 35.9 Å². The first-order valence-electron chi connectivity index (χ1n) is 8.08. The van der Waals surface area contributed by atoms with Gasteiger partial charge in [0.05, 0.1) is 6.61 Å². The van der Waals surface area contributed by atoms with Gasteiger partial charge in [0.1, 0.15) is 5.78 Å². The van der Waals surface area contributed by atoms with Gasteiger partial charge in [-0.05, 0) is 38.7 Å². The maximum atomic E-state index is 13.2. The van der Waals surface area contributed by atoms with Gasteiger partial charge in [-0.1, -0.05) is 44.2 Å². The molecule has 3 nitrogen and oxygen atoms in total. The Kier molecular flexibility index (Phi) is 7.52. The third kappa shape index (κ3) is 5.70. The third-order valence-electron chi connectivity index (χ3n) is 3.95. The van der Waals surface area contributed by atoms with Crippen LogP contribution in [0.3, 0.4) is 0 Å². The van der Waals surface area contributed by atoms with Gasteiger partial charge >= 0.3 is 0 Å². The van der Waals surface area contributed by atoms with Gasteiger partial charge in [0, 0.05) is 17.7 Å². The molecule has 0 fully saturated rings. The lowest BCUT2D eigenvalue weighted by molar-refractivity contribution is -0.117. The fourth-order valence-corrected chi connectivity index (χ4v) is 5.38. The minimum Gasteiger partial charge on any atom is -0.328 e. The van der Waals surface area contributed by atoms with E-state index in [0.717, 1.165) is 19.3 Å². The van der Waals surface area contributed by atoms with Gasteiger partial charge in [0.25, 0.3) is 0 Å². The van der Waals surface area contributed by atoms with Crippen LogP contribution < -0.4 is 0 Å². The average molecular weight is 324 g/mol. The summed E-state index contributed by atoms with van der Waals surface area (Å²) in [4.78, 5) is 11.4. The van der Waals surface area contributed by atoms with E-state index in [2.05, 4.69) is 12.1 Å². The van der Waals surface area contributed by atoms with E-state index in [-0.39, 0.29) is 5.78 Å². The molecule has 1 atom stereocenters. The summed E-state index contributed by atoms with van der Waals surface area (Å²) in [7, 11) is -2.82. The van der Waals surface area contributed by atoms with Crippen LogP contribution in [0.15, 0.2) is 30.3 Å². The molecule has 0 radical (unpaired) electrons. The molecule has 1 aromatic rings. The molecular weight excluding hydrogens is 295 g/mol. The molecule has 0 aromatic heterocycles. The Morgan fingerprint density at radius 2 is 1.82 bits per heavy atom. The van der Waals surface area contributed by atoms with Gasteiger partial charge in [-0.25, -0.2) is 0 Å². The first-order valence-corrected chi connectivity index (χ1v) is 9.89. The summed E-state index contributed by atoms with van der Waals surface area (Å²) in [5.41, 5.74) is 1.30. The van der Waals surface area contributed by atoms with Gasteiger partial charge in [-0.3, -0.25) is 9.36 Å². The molecule has 0 amide bonds.